The highest BCUT2D eigenvalue weighted by molar-refractivity contribution is 5.77. The van der Waals surface area contributed by atoms with Gasteiger partial charge in [0, 0.05) is 25.3 Å². The first kappa shape index (κ1) is 14.4. The molecular weight excluding hydrogens is 276 g/mol. The summed E-state index contributed by atoms with van der Waals surface area (Å²) in [4.78, 5) is 25.4. The van der Waals surface area contributed by atoms with Gasteiger partial charge in [0.15, 0.2) is 5.82 Å². The molecule has 0 aliphatic heterocycles. The third kappa shape index (κ3) is 3.96. The van der Waals surface area contributed by atoms with Crippen LogP contribution in [-0.2, 0) is 11.2 Å². The van der Waals surface area contributed by atoms with E-state index in [2.05, 4.69) is 15.5 Å². The number of carbonyl (C=O) groups excluding carboxylic acids is 1. The van der Waals surface area contributed by atoms with Gasteiger partial charge in [-0.15, -0.1) is 0 Å². The van der Waals surface area contributed by atoms with Crippen LogP contribution in [0.5, 0.6) is 0 Å². The van der Waals surface area contributed by atoms with Crippen LogP contribution in [0, 0.1) is 10.1 Å². The topological polar surface area (TPSA) is 111 Å². The van der Waals surface area contributed by atoms with Gasteiger partial charge in [-0.2, -0.15) is 4.98 Å². The number of hydrogen-bond acceptors (Lipinski definition) is 6. The van der Waals surface area contributed by atoms with Crippen LogP contribution >= 0.6 is 0 Å². The highest BCUT2D eigenvalue weighted by Crippen LogP contribution is 2.15. The number of non-ortho nitro benzene ring substituents is 1. The molecule has 0 radical (unpaired) electrons. The van der Waals surface area contributed by atoms with Crippen molar-refractivity contribution < 1.29 is 14.2 Å². The number of carbonyl (C=O) groups is 1. The van der Waals surface area contributed by atoms with Gasteiger partial charge in [0.05, 0.1) is 11.3 Å². The van der Waals surface area contributed by atoms with Crippen molar-refractivity contribution in [1.29, 1.82) is 0 Å². The quantitative estimate of drug-likeness (QED) is 0.658. The van der Waals surface area contributed by atoms with Crippen molar-refractivity contribution >= 4 is 23.7 Å². The molecule has 0 bridgehead atoms. The van der Waals surface area contributed by atoms with Gasteiger partial charge >= 0.3 is 0 Å². The van der Waals surface area contributed by atoms with E-state index in [-0.39, 0.29) is 29.7 Å². The number of nitrogens with one attached hydrogen (secondary N) is 1. The van der Waals surface area contributed by atoms with Crippen molar-refractivity contribution in [2.75, 3.05) is 7.05 Å². The van der Waals surface area contributed by atoms with Crippen molar-refractivity contribution in [3.63, 3.8) is 0 Å². The molecule has 0 atom stereocenters. The summed E-state index contributed by atoms with van der Waals surface area (Å²) in [5.74, 6) is 0.276. The van der Waals surface area contributed by atoms with E-state index in [9.17, 15) is 14.9 Å². The summed E-state index contributed by atoms with van der Waals surface area (Å²) in [6, 6.07) is 6.14. The highest BCUT2D eigenvalue weighted by Gasteiger charge is 2.08. The number of likely N-dealkylation sites (N-methyl/N-ethyl adjacent to an activating group) is 1. The summed E-state index contributed by atoms with van der Waals surface area (Å²) in [5, 5.41) is 16.8. The molecule has 0 aliphatic rings. The van der Waals surface area contributed by atoms with Gasteiger partial charge < -0.3 is 9.84 Å². The van der Waals surface area contributed by atoms with Crippen molar-refractivity contribution in [3.8, 4) is 0 Å². The number of nitrogens with zero attached hydrogens (tertiary/aromatic N) is 3. The van der Waals surface area contributed by atoms with Crippen LogP contribution in [0.4, 0.5) is 5.69 Å². The summed E-state index contributed by atoms with van der Waals surface area (Å²) in [6.45, 7) is 0. The summed E-state index contributed by atoms with van der Waals surface area (Å²) >= 11 is 0. The van der Waals surface area contributed by atoms with Crippen LogP contribution in [0.25, 0.3) is 12.2 Å². The Morgan fingerprint density at radius 1 is 1.48 bits per heavy atom. The van der Waals surface area contributed by atoms with Gasteiger partial charge in [-0.05, 0) is 11.6 Å². The molecule has 0 unspecified atom stereocenters. The molecule has 21 heavy (non-hydrogen) atoms. The predicted octanol–water partition coefficient (Wildman–Crippen LogP) is 1.44. The number of hydrogen-bond donors (Lipinski definition) is 1. The molecule has 0 spiro atoms. The zero-order chi connectivity index (χ0) is 15.2. The molecule has 0 saturated heterocycles. The number of rotatable bonds is 5. The molecule has 2 rings (SSSR count). The molecule has 0 fully saturated rings. The number of aromatic nitrogens is 2. The standard InChI is InChI=1S/C13H12N4O4/c1-14-12(18)8-11-15-13(21-16-11)6-5-9-3-2-4-10(7-9)17(19)20/h2-7H,8H2,1H3,(H,14,18). The lowest BCUT2D eigenvalue weighted by Gasteiger charge is -1.93. The van der Waals surface area contributed by atoms with E-state index in [0.717, 1.165) is 0 Å². The highest BCUT2D eigenvalue weighted by atomic mass is 16.6. The lowest BCUT2D eigenvalue weighted by atomic mass is 10.2. The molecule has 0 saturated carbocycles. The second-order valence-electron chi connectivity index (χ2n) is 4.08. The monoisotopic (exact) mass is 288 g/mol. The van der Waals surface area contributed by atoms with Crippen LogP contribution < -0.4 is 5.32 Å². The first-order valence-corrected chi connectivity index (χ1v) is 6.04. The summed E-state index contributed by atoms with van der Waals surface area (Å²) in [6.07, 6.45) is 3.17. The molecule has 108 valence electrons. The third-order valence-electron chi connectivity index (χ3n) is 2.58. The number of amides is 1. The molecule has 8 nitrogen and oxygen atoms in total. The van der Waals surface area contributed by atoms with E-state index in [1.165, 1.54) is 25.3 Å². The summed E-state index contributed by atoms with van der Waals surface area (Å²) in [7, 11) is 1.52. The molecule has 1 amide bonds. The zero-order valence-electron chi connectivity index (χ0n) is 11.1. The smallest absolute Gasteiger partial charge is 0.270 e. The van der Waals surface area contributed by atoms with E-state index in [1.807, 2.05) is 0 Å². The van der Waals surface area contributed by atoms with Gasteiger partial charge in [-0.1, -0.05) is 17.3 Å². The van der Waals surface area contributed by atoms with Crippen LogP contribution in [-0.4, -0.2) is 28.0 Å². The molecular formula is C13H12N4O4. The van der Waals surface area contributed by atoms with Crippen LogP contribution in [0.3, 0.4) is 0 Å². The Balaban J connectivity index is 2.09. The zero-order valence-corrected chi connectivity index (χ0v) is 11.1. The maximum Gasteiger partial charge on any atom is 0.270 e. The van der Waals surface area contributed by atoms with E-state index in [1.54, 1.807) is 18.2 Å². The molecule has 2 aromatic rings. The Labute approximate surface area is 119 Å². The minimum absolute atomic E-state index is 0.00276. The number of nitro groups is 1. The van der Waals surface area contributed by atoms with Gasteiger partial charge in [-0.3, -0.25) is 14.9 Å². The lowest BCUT2D eigenvalue weighted by molar-refractivity contribution is -0.384. The Hall–Kier alpha value is -3.03. The minimum Gasteiger partial charge on any atom is -0.359 e. The predicted molar refractivity (Wildman–Crippen MR) is 74.1 cm³/mol. The molecule has 1 aromatic heterocycles. The van der Waals surface area contributed by atoms with Gasteiger partial charge in [0.2, 0.25) is 5.91 Å². The van der Waals surface area contributed by atoms with Crippen molar-refractivity contribution in [2.24, 2.45) is 0 Å². The molecule has 1 heterocycles. The molecule has 8 heteroatoms. The lowest BCUT2D eigenvalue weighted by Crippen LogP contribution is -2.20. The van der Waals surface area contributed by atoms with Crippen molar-refractivity contribution in [3.05, 3.63) is 51.7 Å². The Bertz CT molecular complexity index is 693. The maximum atomic E-state index is 11.2. The SMILES string of the molecule is CNC(=O)Cc1noc(C=Cc2cccc([N+](=O)[O-])c2)n1. The third-order valence-corrected chi connectivity index (χ3v) is 2.58. The van der Waals surface area contributed by atoms with Gasteiger partial charge in [-0.25, -0.2) is 0 Å². The molecule has 1 N–H and O–H groups in total. The number of nitro benzene ring substituents is 1. The van der Waals surface area contributed by atoms with E-state index >= 15 is 0 Å². The fraction of sp³-hybridized carbons (Fsp3) is 0.154. The van der Waals surface area contributed by atoms with Crippen molar-refractivity contribution in [2.45, 2.75) is 6.42 Å². The second-order valence-corrected chi connectivity index (χ2v) is 4.08. The Kier molecular flexibility index (Phi) is 4.39. The second kappa shape index (κ2) is 6.42. The van der Waals surface area contributed by atoms with E-state index in [4.69, 9.17) is 4.52 Å². The number of benzene rings is 1. The fourth-order valence-electron chi connectivity index (χ4n) is 1.55. The van der Waals surface area contributed by atoms with E-state index in [0.29, 0.717) is 5.56 Å². The van der Waals surface area contributed by atoms with Crippen LogP contribution in [0.2, 0.25) is 0 Å². The molecule has 0 aliphatic carbocycles. The van der Waals surface area contributed by atoms with Crippen LogP contribution in [0.15, 0.2) is 28.8 Å². The van der Waals surface area contributed by atoms with E-state index < -0.39 is 4.92 Å². The maximum absolute atomic E-state index is 11.2. The Morgan fingerprint density at radius 3 is 3.00 bits per heavy atom. The fourth-order valence-corrected chi connectivity index (χ4v) is 1.55. The minimum atomic E-state index is -0.467. The largest absolute Gasteiger partial charge is 0.359 e. The summed E-state index contributed by atoms with van der Waals surface area (Å²) < 4.78 is 4.95. The summed E-state index contributed by atoms with van der Waals surface area (Å²) in [5.41, 5.74) is 0.637. The average molecular weight is 288 g/mol. The first-order valence-electron chi connectivity index (χ1n) is 6.04. The van der Waals surface area contributed by atoms with Gasteiger partial charge in [0.25, 0.3) is 11.6 Å². The normalized spacial score (nSPS) is 10.7. The van der Waals surface area contributed by atoms with Gasteiger partial charge in [0.1, 0.15) is 0 Å². The van der Waals surface area contributed by atoms with Crippen LogP contribution in [0.1, 0.15) is 17.3 Å². The first-order chi connectivity index (χ1) is 10.1. The average Bonchev–Trinajstić information content (AvgIpc) is 2.92. The molecule has 1 aromatic carbocycles. The van der Waals surface area contributed by atoms with Crippen molar-refractivity contribution in [1.82, 2.24) is 15.5 Å². The Morgan fingerprint density at radius 2 is 2.29 bits per heavy atom.